The summed E-state index contributed by atoms with van der Waals surface area (Å²) in [5, 5.41) is 5.76. The maximum Gasteiger partial charge on any atom is 0.409 e. The van der Waals surface area contributed by atoms with E-state index in [1.807, 2.05) is 11.8 Å². The molecule has 0 spiro atoms. The summed E-state index contributed by atoms with van der Waals surface area (Å²) in [4.78, 5) is 40.7. The first-order valence-electron chi connectivity index (χ1n) is 11.2. The lowest BCUT2D eigenvalue weighted by atomic mass is 9.53. The molecule has 0 aromatic rings. The Morgan fingerprint density at radius 3 is 2.07 bits per heavy atom. The van der Waals surface area contributed by atoms with Crippen molar-refractivity contribution in [2.75, 3.05) is 32.8 Å². The van der Waals surface area contributed by atoms with Crippen molar-refractivity contribution in [3.63, 3.8) is 0 Å². The van der Waals surface area contributed by atoms with E-state index in [9.17, 15) is 14.4 Å². The number of imide groups is 1. The molecule has 8 heteroatoms. The molecule has 8 nitrogen and oxygen atoms in total. The zero-order chi connectivity index (χ0) is 20.6. The molecule has 2 N–H and O–H groups in total. The van der Waals surface area contributed by atoms with E-state index in [1.165, 1.54) is 19.3 Å². The van der Waals surface area contributed by atoms with Gasteiger partial charge in [-0.15, -0.1) is 0 Å². The minimum Gasteiger partial charge on any atom is -0.450 e. The van der Waals surface area contributed by atoms with Gasteiger partial charge in [-0.05, 0) is 70.1 Å². The average Bonchev–Trinajstić information content (AvgIpc) is 2.66. The lowest BCUT2D eigenvalue weighted by Gasteiger charge is -2.56. The predicted molar refractivity (Wildman–Crippen MR) is 107 cm³/mol. The Balaban J connectivity index is 1.25. The first kappa shape index (κ1) is 20.4. The Morgan fingerprint density at radius 2 is 1.55 bits per heavy atom. The summed E-state index contributed by atoms with van der Waals surface area (Å²) in [6.45, 7) is 6.18. The molecular weight excluding hydrogens is 372 g/mol. The highest BCUT2D eigenvalue weighted by Gasteiger charge is 2.51. The number of hydrogen-bond acceptors (Lipinski definition) is 5. The molecule has 5 aliphatic rings. The van der Waals surface area contributed by atoms with Crippen molar-refractivity contribution in [1.82, 2.24) is 20.4 Å². The maximum atomic E-state index is 12.6. The summed E-state index contributed by atoms with van der Waals surface area (Å²) in [5.74, 6) is 1.95. The summed E-state index contributed by atoms with van der Waals surface area (Å²) < 4.78 is 5.03. The Bertz CT molecular complexity index is 624. The highest BCUT2D eigenvalue weighted by atomic mass is 16.6. The lowest BCUT2D eigenvalue weighted by Crippen LogP contribution is -2.63. The molecule has 4 saturated carbocycles. The van der Waals surface area contributed by atoms with E-state index in [0.29, 0.717) is 32.8 Å². The number of hydrogen-bond donors (Lipinski definition) is 2. The van der Waals surface area contributed by atoms with Crippen LogP contribution in [-0.4, -0.2) is 72.2 Å². The Morgan fingerprint density at radius 1 is 1.00 bits per heavy atom. The van der Waals surface area contributed by atoms with Gasteiger partial charge in [0.1, 0.15) is 0 Å². The Labute approximate surface area is 172 Å². The van der Waals surface area contributed by atoms with Gasteiger partial charge in [-0.3, -0.25) is 15.0 Å². The monoisotopic (exact) mass is 406 g/mol. The summed E-state index contributed by atoms with van der Waals surface area (Å²) in [6, 6.07) is -0.768. The van der Waals surface area contributed by atoms with Crippen LogP contribution in [0.2, 0.25) is 0 Å². The van der Waals surface area contributed by atoms with Crippen LogP contribution in [-0.2, 0) is 9.53 Å². The van der Waals surface area contributed by atoms with Crippen molar-refractivity contribution in [2.45, 2.75) is 64.0 Å². The van der Waals surface area contributed by atoms with Crippen LogP contribution < -0.4 is 10.6 Å². The number of nitrogens with one attached hydrogen (secondary N) is 2. The van der Waals surface area contributed by atoms with Crippen LogP contribution in [0.25, 0.3) is 0 Å². The van der Waals surface area contributed by atoms with Crippen molar-refractivity contribution in [1.29, 1.82) is 0 Å². The molecule has 4 bridgehead atoms. The fraction of sp³-hybridized carbons (Fsp3) is 0.857. The van der Waals surface area contributed by atoms with E-state index < -0.39 is 6.04 Å². The molecule has 5 fully saturated rings. The van der Waals surface area contributed by atoms with Gasteiger partial charge in [-0.1, -0.05) is 0 Å². The third-order valence-corrected chi connectivity index (χ3v) is 7.42. The van der Waals surface area contributed by atoms with Crippen molar-refractivity contribution in [2.24, 2.45) is 17.8 Å². The van der Waals surface area contributed by atoms with Gasteiger partial charge in [-0.2, -0.15) is 0 Å². The van der Waals surface area contributed by atoms with Crippen LogP contribution in [0.1, 0.15) is 52.4 Å². The topological polar surface area (TPSA) is 91.0 Å². The molecule has 4 amide bonds. The number of ether oxygens (including phenoxy) is 1. The zero-order valence-electron chi connectivity index (χ0n) is 17.6. The van der Waals surface area contributed by atoms with Crippen molar-refractivity contribution < 1.29 is 19.1 Å². The molecule has 0 radical (unpaired) electrons. The van der Waals surface area contributed by atoms with Crippen molar-refractivity contribution >= 4 is 18.0 Å². The van der Waals surface area contributed by atoms with E-state index in [2.05, 4.69) is 10.6 Å². The number of urea groups is 1. The second-order valence-electron chi connectivity index (χ2n) is 9.54. The summed E-state index contributed by atoms with van der Waals surface area (Å²) in [7, 11) is 0. The van der Waals surface area contributed by atoms with Crippen molar-refractivity contribution in [3.05, 3.63) is 0 Å². The van der Waals surface area contributed by atoms with E-state index in [0.717, 1.165) is 37.0 Å². The van der Waals surface area contributed by atoms with E-state index >= 15 is 0 Å². The molecule has 162 valence electrons. The van der Waals surface area contributed by atoms with Gasteiger partial charge in [0.2, 0.25) is 5.91 Å². The first-order chi connectivity index (χ1) is 13.9. The maximum absolute atomic E-state index is 12.6. The van der Waals surface area contributed by atoms with Crippen LogP contribution in [0.3, 0.4) is 0 Å². The number of carbonyl (C=O) groups is 3. The number of rotatable bonds is 4. The minimum absolute atomic E-state index is 0.104. The number of amides is 4. The SMILES string of the molecule is CCOC(=O)N1CCN(C(C)C(=O)NC(=O)NC23CC4CC(CC(C4)C2)C3)CC1. The lowest BCUT2D eigenvalue weighted by molar-refractivity contribution is -0.125. The van der Waals surface area contributed by atoms with Gasteiger partial charge in [0.15, 0.2) is 0 Å². The number of carbonyl (C=O) groups excluding carboxylic acids is 3. The summed E-state index contributed by atoms with van der Waals surface area (Å²) in [5.41, 5.74) is -0.104. The molecule has 4 aliphatic carbocycles. The molecule has 5 rings (SSSR count). The van der Waals surface area contributed by atoms with Crippen LogP contribution in [0.4, 0.5) is 9.59 Å². The van der Waals surface area contributed by atoms with Crippen LogP contribution in [0, 0.1) is 17.8 Å². The molecule has 1 saturated heterocycles. The molecule has 1 aliphatic heterocycles. The van der Waals surface area contributed by atoms with Gasteiger partial charge < -0.3 is 15.0 Å². The molecule has 1 unspecified atom stereocenters. The Hall–Kier alpha value is -1.83. The summed E-state index contributed by atoms with van der Waals surface area (Å²) in [6.07, 6.45) is 6.83. The molecule has 0 aromatic heterocycles. The van der Waals surface area contributed by atoms with Gasteiger partial charge in [0.25, 0.3) is 0 Å². The first-order valence-corrected chi connectivity index (χ1v) is 11.2. The average molecular weight is 407 g/mol. The second kappa shape index (κ2) is 8.13. The quantitative estimate of drug-likeness (QED) is 0.745. The van der Waals surface area contributed by atoms with Crippen molar-refractivity contribution in [3.8, 4) is 0 Å². The van der Waals surface area contributed by atoms with Crippen LogP contribution in [0.5, 0.6) is 0 Å². The zero-order valence-corrected chi connectivity index (χ0v) is 17.6. The van der Waals surface area contributed by atoms with Crippen LogP contribution >= 0.6 is 0 Å². The molecular formula is C21H34N4O4. The largest absolute Gasteiger partial charge is 0.450 e. The highest BCUT2D eigenvalue weighted by molar-refractivity contribution is 5.97. The third kappa shape index (κ3) is 4.37. The smallest absolute Gasteiger partial charge is 0.409 e. The summed E-state index contributed by atoms with van der Waals surface area (Å²) >= 11 is 0. The minimum atomic E-state index is -0.415. The van der Waals surface area contributed by atoms with E-state index in [4.69, 9.17) is 4.74 Å². The standard InChI is InChI=1S/C21H34N4O4/c1-3-29-20(28)25-6-4-24(5-7-25)14(2)18(26)22-19(27)23-21-11-15-8-16(12-21)10-17(9-15)13-21/h14-17H,3-13H2,1-2H3,(H2,22,23,26,27). The molecule has 29 heavy (non-hydrogen) atoms. The Kier molecular flexibility index (Phi) is 5.73. The molecule has 0 aromatic carbocycles. The highest BCUT2D eigenvalue weighted by Crippen LogP contribution is 2.55. The molecule has 1 heterocycles. The predicted octanol–water partition coefficient (Wildman–Crippen LogP) is 1.94. The number of nitrogens with zero attached hydrogens (tertiary/aromatic N) is 2. The third-order valence-electron chi connectivity index (χ3n) is 7.42. The normalized spacial score (nSPS) is 34.6. The van der Waals surface area contributed by atoms with Gasteiger partial charge >= 0.3 is 12.1 Å². The fourth-order valence-corrected chi connectivity index (χ4v) is 6.42. The molecule has 1 atom stereocenters. The second-order valence-corrected chi connectivity index (χ2v) is 9.54. The van der Waals surface area contributed by atoms with Gasteiger partial charge in [-0.25, -0.2) is 9.59 Å². The number of piperazine rings is 1. The fourth-order valence-electron chi connectivity index (χ4n) is 6.42. The van der Waals surface area contributed by atoms with Crippen LogP contribution in [0.15, 0.2) is 0 Å². The van der Waals surface area contributed by atoms with Gasteiger partial charge in [0.05, 0.1) is 12.6 Å². The van der Waals surface area contributed by atoms with Gasteiger partial charge in [0, 0.05) is 31.7 Å². The van der Waals surface area contributed by atoms with E-state index in [1.54, 1.807) is 11.8 Å². The van der Waals surface area contributed by atoms with E-state index in [-0.39, 0.29) is 23.6 Å².